The van der Waals surface area contributed by atoms with Gasteiger partial charge in [-0.2, -0.15) is 5.10 Å². The van der Waals surface area contributed by atoms with Gasteiger partial charge in [-0.05, 0) is 48.4 Å². The summed E-state index contributed by atoms with van der Waals surface area (Å²) in [4.78, 5) is 4.75. The third kappa shape index (κ3) is 5.48. The molecule has 0 bridgehead atoms. The molecule has 0 aliphatic carbocycles. The molecule has 156 valence electrons. The molecule has 1 heterocycles. The lowest BCUT2D eigenvalue weighted by molar-refractivity contribution is 0.306. The van der Waals surface area contributed by atoms with Crippen LogP contribution in [-0.2, 0) is 0 Å². The van der Waals surface area contributed by atoms with Gasteiger partial charge in [0.25, 0.3) is 0 Å². The molecule has 0 atom stereocenters. The predicted molar refractivity (Wildman–Crippen MR) is 128 cm³/mol. The fraction of sp³-hybridized carbons (Fsp3) is 0.185. The van der Waals surface area contributed by atoms with Gasteiger partial charge in [-0.3, -0.25) is 0 Å². The molecule has 0 aliphatic rings. The Bertz CT molecular complexity index is 1100. The van der Waals surface area contributed by atoms with Crippen LogP contribution in [0, 0.1) is 0 Å². The van der Waals surface area contributed by atoms with Gasteiger partial charge >= 0.3 is 0 Å². The van der Waals surface area contributed by atoms with Gasteiger partial charge < -0.3 is 4.74 Å². The average Bonchev–Trinajstić information content (AvgIpc) is 3.27. The van der Waals surface area contributed by atoms with E-state index in [0.717, 1.165) is 47.1 Å². The topological polar surface area (TPSA) is 39.4 Å². The lowest BCUT2D eigenvalue weighted by Crippen LogP contribution is -1.97. The van der Waals surface area contributed by atoms with Crippen LogP contribution >= 0.6 is 0 Å². The van der Waals surface area contributed by atoms with Crippen LogP contribution in [0.3, 0.4) is 0 Å². The number of hydrogen-bond donors (Lipinski definition) is 0. The van der Waals surface area contributed by atoms with Crippen LogP contribution in [0.15, 0.2) is 96.0 Å². The van der Waals surface area contributed by atoms with Crippen molar-refractivity contribution in [1.82, 2.24) is 9.78 Å². The second-order valence-corrected chi connectivity index (χ2v) is 7.38. The first-order valence-corrected chi connectivity index (χ1v) is 10.8. The molecule has 0 spiro atoms. The molecule has 1 aromatic heterocycles. The van der Waals surface area contributed by atoms with Crippen molar-refractivity contribution in [1.29, 1.82) is 0 Å². The summed E-state index contributed by atoms with van der Waals surface area (Å²) in [5.41, 5.74) is 3.96. The lowest BCUT2D eigenvalue weighted by atomic mass is 10.2. The molecule has 4 aromatic rings. The molecular weight excluding hydrogens is 382 g/mol. The number of benzene rings is 3. The number of aliphatic imine (C=N–C) groups is 1. The number of nitrogens with zero attached hydrogens (tertiary/aromatic N) is 3. The summed E-state index contributed by atoms with van der Waals surface area (Å²) in [7, 11) is 0. The monoisotopic (exact) mass is 409 g/mol. The van der Waals surface area contributed by atoms with Crippen molar-refractivity contribution in [2.45, 2.75) is 26.2 Å². The van der Waals surface area contributed by atoms with E-state index in [0.29, 0.717) is 0 Å². The van der Waals surface area contributed by atoms with E-state index in [4.69, 9.17) is 14.8 Å². The predicted octanol–water partition coefficient (Wildman–Crippen LogP) is 6.86. The maximum atomic E-state index is 5.80. The van der Waals surface area contributed by atoms with Gasteiger partial charge in [-0.15, -0.1) is 0 Å². The summed E-state index contributed by atoms with van der Waals surface area (Å²) in [6, 6.07) is 30.3. The third-order valence-corrected chi connectivity index (χ3v) is 5.00. The Labute approximate surface area is 183 Å². The number of ether oxygens (including phenoxy) is 1. The molecule has 0 fully saturated rings. The minimum absolute atomic E-state index is 0.764. The number of para-hydroxylation sites is 1. The molecule has 4 nitrogen and oxygen atoms in total. The van der Waals surface area contributed by atoms with E-state index in [2.05, 4.69) is 19.1 Å². The molecule has 3 aromatic carbocycles. The third-order valence-electron chi connectivity index (χ3n) is 5.00. The minimum Gasteiger partial charge on any atom is -0.494 e. The molecular formula is C27H27N3O. The SMILES string of the molecule is CCCCCOc1ccc(C=Nc2cc(-c3ccccc3)nn2-c2ccccc2)cc1. The highest BCUT2D eigenvalue weighted by molar-refractivity contribution is 5.82. The van der Waals surface area contributed by atoms with E-state index in [1.54, 1.807) is 0 Å². The molecule has 4 rings (SSSR count). The van der Waals surface area contributed by atoms with E-state index in [-0.39, 0.29) is 0 Å². The smallest absolute Gasteiger partial charge is 0.156 e. The molecule has 0 saturated heterocycles. The standard InChI is InChI=1S/C27H27N3O/c1-2-3-10-19-31-25-17-15-22(16-18-25)21-28-27-20-26(23-11-6-4-7-12-23)29-30(27)24-13-8-5-9-14-24/h4-9,11-18,20-21H,2-3,10,19H2,1H3. The summed E-state index contributed by atoms with van der Waals surface area (Å²) in [6.45, 7) is 2.96. The van der Waals surface area contributed by atoms with E-state index in [9.17, 15) is 0 Å². The summed E-state index contributed by atoms with van der Waals surface area (Å²) >= 11 is 0. The molecule has 0 saturated carbocycles. The van der Waals surface area contributed by atoms with Crippen molar-refractivity contribution in [3.8, 4) is 22.7 Å². The Morgan fingerprint density at radius 1 is 0.871 bits per heavy atom. The zero-order valence-corrected chi connectivity index (χ0v) is 17.8. The van der Waals surface area contributed by atoms with Crippen LogP contribution in [-0.4, -0.2) is 22.6 Å². The van der Waals surface area contributed by atoms with E-state index >= 15 is 0 Å². The van der Waals surface area contributed by atoms with Crippen molar-refractivity contribution in [2.75, 3.05) is 6.61 Å². The van der Waals surface area contributed by atoms with Crippen LogP contribution in [0.5, 0.6) is 5.75 Å². The Hall–Kier alpha value is -3.66. The maximum Gasteiger partial charge on any atom is 0.156 e. The van der Waals surface area contributed by atoms with Gasteiger partial charge in [0.2, 0.25) is 0 Å². The zero-order chi connectivity index (χ0) is 21.3. The molecule has 0 amide bonds. The van der Waals surface area contributed by atoms with Gasteiger partial charge in [0.1, 0.15) is 5.75 Å². The first-order valence-electron chi connectivity index (χ1n) is 10.8. The molecule has 0 N–H and O–H groups in total. The maximum absolute atomic E-state index is 5.80. The molecule has 0 unspecified atom stereocenters. The summed E-state index contributed by atoms with van der Waals surface area (Å²) in [5.74, 6) is 1.68. The van der Waals surface area contributed by atoms with Crippen LogP contribution < -0.4 is 4.74 Å². The van der Waals surface area contributed by atoms with Crippen LogP contribution in [0.25, 0.3) is 16.9 Å². The Kier molecular flexibility index (Phi) is 6.91. The minimum atomic E-state index is 0.764. The number of unbranched alkanes of at least 4 members (excludes halogenated alkanes) is 2. The normalized spacial score (nSPS) is 11.1. The highest BCUT2D eigenvalue weighted by Gasteiger charge is 2.10. The summed E-state index contributed by atoms with van der Waals surface area (Å²) in [6.07, 6.45) is 5.36. The van der Waals surface area contributed by atoms with Crippen LogP contribution in [0.2, 0.25) is 0 Å². The van der Waals surface area contributed by atoms with Crippen molar-refractivity contribution in [3.05, 3.63) is 96.6 Å². The quantitative estimate of drug-likeness (QED) is 0.224. The lowest BCUT2D eigenvalue weighted by Gasteiger charge is -2.05. The zero-order valence-electron chi connectivity index (χ0n) is 17.8. The Balaban J connectivity index is 1.56. The molecule has 31 heavy (non-hydrogen) atoms. The van der Waals surface area contributed by atoms with Crippen LogP contribution in [0.4, 0.5) is 5.82 Å². The fourth-order valence-electron chi connectivity index (χ4n) is 3.31. The van der Waals surface area contributed by atoms with Crippen molar-refractivity contribution >= 4 is 12.0 Å². The second kappa shape index (κ2) is 10.4. The first kappa shape index (κ1) is 20.6. The molecule has 4 heteroatoms. The summed E-state index contributed by atoms with van der Waals surface area (Å²) in [5, 5.41) is 4.81. The Morgan fingerprint density at radius 2 is 1.58 bits per heavy atom. The number of rotatable bonds is 9. The second-order valence-electron chi connectivity index (χ2n) is 7.38. The van der Waals surface area contributed by atoms with Crippen LogP contribution in [0.1, 0.15) is 31.7 Å². The van der Waals surface area contributed by atoms with Gasteiger partial charge in [0, 0.05) is 17.8 Å². The van der Waals surface area contributed by atoms with Gasteiger partial charge in [-0.1, -0.05) is 68.3 Å². The number of hydrogen-bond acceptors (Lipinski definition) is 3. The van der Waals surface area contributed by atoms with E-state index < -0.39 is 0 Å². The van der Waals surface area contributed by atoms with Gasteiger partial charge in [0.05, 0.1) is 18.0 Å². The molecule has 0 radical (unpaired) electrons. The highest BCUT2D eigenvalue weighted by Crippen LogP contribution is 2.26. The summed E-state index contributed by atoms with van der Waals surface area (Å²) < 4.78 is 7.68. The number of aromatic nitrogens is 2. The largest absolute Gasteiger partial charge is 0.494 e. The highest BCUT2D eigenvalue weighted by atomic mass is 16.5. The first-order chi connectivity index (χ1) is 15.3. The van der Waals surface area contributed by atoms with Gasteiger partial charge in [-0.25, -0.2) is 9.67 Å². The Morgan fingerprint density at radius 3 is 2.29 bits per heavy atom. The van der Waals surface area contributed by atoms with Crippen molar-refractivity contribution < 1.29 is 4.74 Å². The van der Waals surface area contributed by atoms with Gasteiger partial charge in [0.15, 0.2) is 5.82 Å². The van der Waals surface area contributed by atoms with E-state index in [1.807, 2.05) is 89.8 Å². The van der Waals surface area contributed by atoms with Crippen molar-refractivity contribution in [2.24, 2.45) is 4.99 Å². The fourth-order valence-corrected chi connectivity index (χ4v) is 3.31. The van der Waals surface area contributed by atoms with Crippen molar-refractivity contribution in [3.63, 3.8) is 0 Å². The van der Waals surface area contributed by atoms with E-state index in [1.165, 1.54) is 12.8 Å². The molecule has 0 aliphatic heterocycles. The average molecular weight is 410 g/mol.